The lowest BCUT2D eigenvalue weighted by atomic mass is 9.94. The van der Waals surface area contributed by atoms with E-state index in [9.17, 15) is 9.18 Å². The van der Waals surface area contributed by atoms with Crippen LogP contribution in [0, 0.1) is 18.7 Å². The number of pyridine rings is 1. The predicted molar refractivity (Wildman–Crippen MR) is 131 cm³/mol. The zero-order chi connectivity index (χ0) is 23.1. The lowest BCUT2D eigenvalue weighted by Gasteiger charge is -2.18. The molecule has 1 atom stereocenters. The molecule has 5 rings (SSSR count). The minimum atomic E-state index is -0.388. The summed E-state index contributed by atoms with van der Waals surface area (Å²) < 4.78 is 15.9. The van der Waals surface area contributed by atoms with Crippen LogP contribution >= 0.6 is 11.3 Å². The summed E-state index contributed by atoms with van der Waals surface area (Å²) in [7, 11) is 1.77. The molecule has 1 aromatic carbocycles. The molecule has 0 saturated heterocycles. The van der Waals surface area contributed by atoms with Crippen LogP contribution in [0.3, 0.4) is 0 Å². The summed E-state index contributed by atoms with van der Waals surface area (Å²) in [6.07, 6.45) is 3.55. The number of halogens is 1. The van der Waals surface area contributed by atoms with E-state index in [4.69, 9.17) is 4.99 Å². The lowest BCUT2D eigenvalue weighted by molar-refractivity contribution is 0.627. The Kier molecular flexibility index (Phi) is 5.41. The van der Waals surface area contributed by atoms with Crippen molar-refractivity contribution < 1.29 is 4.39 Å². The number of aromatic amines is 1. The van der Waals surface area contributed by atoms with Gasteiger partial charge in [0.05, 0.1) is 17.9 Å². The van der Waals surface area contributed by atoms with E-state index in [1.807, 2.05) is 18.4 Å². The molecule has 1 fully saturated rings. The predicted octanol–water partition coefficient (Wildman–Crippen LogP) is 4.84. The standard InChI is InChI=1S/C24H23FN6OS/c1-13-11-33-18-10-17(19(24(32)31(13)18)15-5-4-6-16(25)9-15)20(14-7-8-14)30-23(27-3)21-22(26-2)29-12-28-21/h4-6,9-12,14,20,26H,3,7-8H2,1-2H3,(H,28,29). The molecule has 3 heterocycles. The fourth-order valence-corrected chi connectivity index (χ4v) is 5.13. The van der Waals surface area contributed by atoms with Crippen LogP contribution in [0.2, 0.25) is 0 Å². The van der Waals surface area contributed by atoms with E-state index < -0.39 is 0 Å². The molecule has 33 heavy (non-hydrogen) atoms. The lowest BCUT2D eigenvalue weighted by Crippen LogP contribution is -2.20. The van der Waals surface area contributed by atoms with Crippen LogP contribution in [-0.2, 0) is 0 Å². The Morgan fingerprint density at radius 1 is 1.39 bits per heavy atom. The minimum Gasteiger partial charge on any atom is -0.371 e. The molecule has 1 aliphatic rings. The van der Waals surface area contributed by atoms with E-state index in [2.05, 4.69) is 27.0 Å². The second kappa shape index (κ2) is 8.40. The third-order valence-corrected chi connectivity index (χ3v) is 6.92. The van der Waals surface area contributed by atoms with Gasteiger partial charge in [-0.3, -0.25) is 14.2 Å². The molecule has 0 amide bonds. The summed E-state index contributed by atoms with van der Waals surface area (Å²) in [6.45, 7) is 5.61. The van der Waals surface area contributed by atoms with Crippen molar-refractivity contribution in [2.24, 2.45) is 15.9 Å². The number of rotatable bonds is 6. The second-order valence-corrected chi connectivity index (χ2v) is 9.00. The number of imidazole rings is 1. The Morgan fingerprint density at radius 2 is 2.21 bits per heavy atom. The first-order valence-corrected chi connectivity index (χ1v) is 11.6. The Balaban J connectivity index is 1.77. The highest BCUT2D eigenvalue weighted by atomic mass is 32.1. The normalized spacial score (nSPS) is 15.1. The first kappa shape index (κ1) is 21.3. The van der Waals surface area contributed by atoms with Gasteiger partial charge < -0.3 is 10.3 Å². The molecule has 0 spiro atoms. The number of fused-ring (bicyclic) bond motifs is 1. The van der Waals surface area contributed by atoms with Crippen LogP contribution in [0.5, 0.6) is 0 Å². The topological polar surface area (TPSA) is 86.9 Å². The second-order valence-electron chi connectivity index (χ2n) is 8.11. The number of H-pyrrole nitrogens is 1. The van der Waals surface area contributed by atoms with Crippen LogP contribution in [-0.4, -0.2) is 34.0 Å². The van der Waals surface area contributed by atoms with Gasteiger partial charge in [0.2, 0.25) is 0 Å². The van der Waals surface area contributed by atoms with Crippen molar-refractivity contribution in [2.75, 3.05) is 12.4 Å². The largest absolute Gasteiger partial charge is 0.371 e. The van der Waals surface area contributed by atoms with Crippen LogP contribution in [0.4, 0.5) is 10.2 Å². The number of amidine groups is 1. The fourth-order valence-electron chi connectivity index (χ4n) is 4.20. The van der Waals surface area contributed by atoms with Gasteiger partial charge in [0.15, 0.2) is 11.7 Å². The maximum atomic E-state index is 14.2. The highest BCUT2D eigenvalue weighted by Crippen LogP contribution is 2.46. The molecule has 1 saturated carbocycles. The van der Waals surface area contributed by atoms with E-state index >= 15 is 0 Å². The summed E-state index contributed by atoms with van der Waals surface area (Å²) in [6, 6.07) is 7.87. The van der Waals surface area contributed by atoms with Gasteiger partial charge in [0.25, 0.3) is 5.56 Å². The van der Waals surface area contributed by atoms with E-state index in [0.29, 0.717) is 28.5 Å². The van der Waals surface area contributed by atoms with E-state index in [1.54, 1.807) is 29.9 Å². The smallest absolute Gasteiger partial charge is 0.264 e. The van der Waals surface area contributed by atoms with E-state index in [1.165, 1.54) is 23.5 Å². The number of anilines is 1. The highest BCUT2D eigenvalue weighted by molar-refractivity contribution is 7.15. The fraction of sp³-hybridized carbons (Fsp3) is 0.250. The van der Waals surface area contributed by atoms with Crippen LogP contribution < -0.4 is 10.9 Å². The Bertz CT molecular complexity index is 1440. The van der Waals surface area contributed by atoms with Crippen LogP contribution in [0.25, 0.3) is 16.0 Å². The van der Waals surface area contributed by atoms with E-state index in [-0.39, 0.29) is 23.3 Å². The van der Waals surface area contributed by atoms with Crippen molar-refractivity contribution in [1.82, 2.24) is 14.4 Å². The third-order valence-electron chi connectivity index (χ3n) is 5.92. The summed E-state index contributed by atoms with van der Waals surface area (Å²) in [4.78, 5) is 31.0. The SMILES string of the molecule is C=NC(=NC(c1cc2scc(C)n2c(=O)c1-c1cccc(F)c1)C1CC1)c1[nH]cnc1NC. The Labute approximate surface area is 193 Å². The van der Waals surface area contributed by atoms with Gasteiger partial charge in [0.1, 0.15) is 16.3 Å². The summed E-state index contributed by atoms with van der Waals surface area (Å²) >= 11 is 1.51. The molecule has 0 radical (unpaired) electrons. The Hall–Kier alpha value is -3.59. The zero-order valence-electron chi connectivity index (χ0n) is 18.3. The summed E-state index contributed by atoms with van der Waals surface area (Å²) in [5, 5.41) is 4.97. The highest BCUT2D eigenvalue weighted by Gasteiger charge is 2.36. The minimum absolute atomic E-state index is 0.168. The summed E-state index contributed by atoms with van der Waals surface area (Å²) in [5.41, 5.74) is 3.10. The number of aliphatic imine (C=N–C) groups is 2. The zero-order valence-corrected chi connectivity index (χ0v) is 19.1. The number of aromatic nitrogens is 3. The molecule has 1 unspecified atom stereocenters. The van der Waals surface area contributed by atoms with Crippen molar-refractivity contribution in [3.63, 3.8) is 0 Å². The average molecular weight is 463 g/mol. The quantitative estimate of drug-likeness (QED) is 0.318. The number of aryl methyl sites for hydroxylation is 1. The molecule has 9 heteroatoms. The van der Waals surface area contributed by atoms with Gasteiger partial charge in [-0.15, -0.1) is 11.3 Å². The maximum absolute atomic E-state index is 14.2. The van der Waals surface area contributed by atoms with Gasteiger partial charge in [0, 0.05) is 18.1 Å². The van der Waals surface area contributed by atoms with Crippen molar-refractivity contribution in [3.8, 4) is 11.1 Å². The molecular weight excluding hydrogens is 439 g/mol. The summed E-state index contributed by atoms with van der Waals surface area (Å²) in [5.74, 6) is 0.908. The number of nitrogens with zero attached hydrogens (tertiary/aromatic N) is 4. The monoisotopic (exact) mass is 462 g/mol. The molecule has 0 aliphatic heterocycles. The average Bonchev–Trinajstić information content (AvgIpc) is 3.41. The molecular formula is C24H23FN6OS. The van der Waals surface area contributed by atoms with Crippen molar-refractivity contribution >= 4 is 34.5 Å². The van der Waals surface area contributed by atoms with Crippen LogP contribution in [0.15, 0.2) is 56.8 Å². The van der Waals surface area contributed by atoms with Gasteiger partial charge in [-0.2, -0.15) is 0 Å². The van der Waals surface area contributed by atoms with Gasteiger partial charge >= 0.3 is 0 Å². The first-order chi connectivity index (χ1) is 16.0. The molecule has 2 N–H and O–H groups in total. The number of benzene rings is 1. The molecule has 3 aromatic heterocycles. The van der Waals surface area contributed by atoms with Crippen molar-refractivity contribution in [1.29, 1.82) is 0 Å². The van der Waals surface area contributed by atoms with Crippen molar-refractivity contribution in [2.45, 2.75) is 25.8 Å². The van der Waals surface area contributed by atoms with Gasteiger partial charge in [-0.25, -0.2) is 14.4 Å². The number of hydrogen-bond acceptors (Lipinski definition) is 5. The molecule has 0 bridgehead atoms. The van der Waals surface area contributed by atoms with Gasteiger partial charge in [-0.05, 0) is 61.7 Å². The number of thiazole rings is 1. The number of hydrogen-bond donors (Lipinski definition) is 2. The third kappa shape index (κ3) is 3.78. The molecule has 168 valence electrons. The molecule has 1 aliphatic carbocycles. The first-order valence-electron chi connectivity index (χ1n) is 10.7. The molecule has 4 aromatic rings. The Morgan fingerprint density at radius 3 is 2.91 bits per heavy atom. The maximum Gasteiger partial charge on any atom is 0.264 e. The van der Waals surface area contributed by atoms with Crippen molar-refractivity contribution in [3.05, 3.63) is 75.2 Å². The van der Waals surface area contributed by atoms with E-state index in [0.717, 1.165) is 28.9 Å². The molecule has 7 nitrogen and oxygen atoms in total. The van der Waals surface area contributed by atoms with Gasteiger partial charge in [-0.1, -0.05) is 12.1 Å². The van der Waals surface area contributed by atoms with Crippen LogP contribution in [0.1, 0.15) is 35.8 Å². The number of nitrogens with one attached hydrogen (secondary N) is 2.